The summed E-state index contributed by atoms with van der Waals surface area (Å²) in [5, 5.41) is 10.6. The van der Waals surface area contributed by atoms with E-state index in [-0.39, 0.29) is 11.8 Å². The second-order valence-electron chi connectivity index (χ2n) is 4.74. The van der Waals surface area contributed by atoms with Crippen LogP contribution in [-0.4, -0.2) is 50.5 Å². The van der Waals surface area contributed by atoms with Crippen molar-refractivity contribution in [1.82, 2.24) is 24.7 Å². The highest BCUT2D eigenvalue weighted by atomic mass is 32.1. The smallest absolute Gasteiger partial charge is 0.370 e. The summed E-state index contributed by atoms with van der Waals surface area (Å²) in [6.45, 7) is 4.91. The van der Waals surface area contributed by atoms with E-state index in [9.17, 15) is 4.79 Å². The molecular weight excluding hydrogens is 278 g/mol. The molecule has 0 saturated carbocycles. The van der Waals surface area contributed by atoms with E-state index in [0.29, 0.717) is 13.3 Å². The maximum Gasteiger partial charge on any atom is 0.370 e. The SMILES string of the molecule is CC[C@@H]1CN(Cn2nnn(-c3cccs3)c2=O)CCO1. The van der Waals surface area contributed by atoms with Gasteiger partial charge >= 0.3 is 5.69 Å². The summed E-state index contributed by atoms with van der Waals surface area (Å²) in [6.07, 6.45) is 1.22. The molecule has 20 heavy (non-hydrogen) atoms. The fraction of sp³-hybridized carbons (Fsp3) is 0.583. The van der Waals surface area contributed by atoms with Gasteiger partial charge in [-0.3, -0.25) is 4.90 Å². The van der Waals surface area contributed by atoms with Crippen LogP contribution in [0.15, 0.2) is 22.3 Å². The van der Waals surface area contributed by atoms with Crippen molar-refractivity contribution >= 4 is 11.3 Å². The third-order valence-electron chi connectivity index (χ3n) is 3.37. The van der Waals surface area contributed by atoms with E-state index in [1.165, 1.54) is 20.7 Å². The largest absolute Gasteiger partial charge is 0.376 e. The first-order valence-electron chi connectivity index (χ1n) is 6.68. The zero-order valence-corrected chi connectivity index (χ0v) is 12.1. The van der Waals surface area contributed by atoms with E-state index < -0.39 is 0 Å². The van der Waals surface area contributed by atoms with Crippen LogP contribution in [0.4, 0.5) is 0 Å². The molecule has 1 aliphatic heterocycles. The lowest BCUT2D eigenvalue weighted by atomic mass is 10.2. The van der Waals surface area contributed by atoms with Gasteiger partial charge in [-0.2, -0.15) is 9.36 Å². The Morgan fingerprint density at radius 3 is 3.15 bits per heavy atom. The molecule has 3 heterocycles. The van der Waals surface area contributed by atoms with Crippen molar-refractivity contribution < 1.29 is 4.74 Å². The molecule has 0 spiro atoms. The van der Waals surface area contributed by atoms with E-state index >= 15 is 0 Å². The molecule has 0 N–H and O–H groups in total. The summed E-state index contributed by atoms with van der Waals surface area (Å²) < 4.78 is 8.36. The van der Waals surface area contributed by atoms with Gasteiger partial charge in [-0.25, -0.2) is 4.79 Å². The van der Waals surface area contributed by atoms with Gasteiger partial charge in [0, 0.05) is 13.1 Å². The van der Waals surface area contributed by atoms with E-state index in [1.807, 2.05) is 17.5 Å². The Kier molecular flexibility index (Phi) is 3.95. The summed E-state index contributed by atoms with van der Waals surface area (Å²) in [7, 11) is 0. The minimum Gasteiger partial charge on any atom is -0.376 e. The van der Waals surface area contributed by atoms with Gasteiger partial charge in [0.25, 0.3) is 0 Å². The lowest BCUT2D eigenvalue weighted by Gasteiger charge is -2.31. The number of nitrogens with zero attached hydrogens (tertiary/aromatic N) is 5. The third kappa shape index (κ3) is 2.67. The van der Waals surface area contributed by atoms with E-state index in [4.69, 9.17) is 4.74 Å². The molecule has 0 aromatic carbocycles. The number of morpholine rings is 1. The van der Waals surface area contributed by atoms with Crippen LogP contribution >= 0.6 is 11.3 Å². The van der Waals surface area contributed by atoms with Crippen LogP contribution in [0.25, 0.3) is 5.00 Å². The van der Waals surface area contributed by atoms with Gasteiger partial charge in [0.15, 0.2) is 0 Å². The highest BCUT2D eigenvalue weighted by Crippen LogP contribution is 2.11. The van der Waals surface area contributed by atoms with E-state index in [0.717, 1.165) is 24.5 Å². The van der Waals surface area contributed by atoms with E-state index in [1.54, 1.807) is 0 Å². The fourth-order valence-corrected chi connectivity index (χ4v) is 2.91. The van der Waals surface area contributed by atoms with Crippen LogP contribution in [0.1, 0.15) is 13.3 Å². The molecular formula is C12H17N5O2S. The highest BCUT2D eigenvalue weighted by molar-refractivity contribution is 7.12. The maximum atomic E-state index is 12.2. The molecule has 0 aliphatic carbocycles. The Bertz CT molecular complexity index is 606. The Labute approximate surface area is 120 Å². The number of aromatic nitrogens is 4. The van der Waals surface area contributed by atoms with Crippen LogP contribution in [0.3, 0.4) is 0 Å². The fourth-order valence-electron chi connectivity index (χ4n) is 2.24. The minimum atomic E-state index is -0.202. The number of hydrogen-bond acceptors (Lipinski definition) is 6. The summed E-state index contributed by atoms with van der Waals surface area (Å²) >= 11 is 1.47. The van der Waals surface area contributed by atoms with Crippen molar-refractivity contribution in [3.63, 3.8) is 0 Å². The van der Waals surface area contributed by atoms with Crippen molar-refractivity contribution in [2.24, 2.45) is 0 Å². The minimum absolute atomic E-state index is 0.202. The first kappa shape index (κ1) is 13.5. The van der Waals surface area contributed by atoms with Crippen LogP contribution in [0, 0.1) is 0 Å². The predicted octanol–water partition coefficient (Wildman–Crippen LogP) is 0.559. The Morgan fingerprint density at radius 1 is 1.50 bits per heavy atom. The summed E-state index contributed by atoms with van der Waals surface area (Å²) in [5.41, 5.74) is -0.202. The second kappa shape index (κ2) is 5.86. The molecule has 0 unspecified atom stereocenters. The standard InChI is InChI=1S/C12H17N5O2S/c1-2-10-8-15(5-6-19-10)9-16-12(18)17(14-13-16)11-4-3-7-20-11/h3-4,7,10H,2,5-6,8-9H2,1H3/t10-/m1/s1. The van der Waals surface area contributed by atoms with Crippen molar-refractivity contribution in [2.45, 2.75) is 26.1 Å². The number of tetrazole rings is 1. The van der Waals surface area contributed by atoms with Crippen molar-refractivity contribution in [3.05, 3.63) is 28.0 Å². The monoisotopic (exact) mass is 295 g/mol. The molecule has 1 aliphatic rings. The lowest BCUT2D eigenvalue weighted by molar-refractivity contribution is -0.0416. The topological polar surface area (TPSA) is 65.2 Å². The lowest BCUT2D eigenvalue weighted by Crippen LogP contribution is -2.44. The van der Waals surface area contributed by atoms with Crippen molar-refractivity contribution in [2.75, 3.05) is 19.7 Å². The molecule has 2 aromatic heterocycles. The Hall–Kier alpha value is -1.51. The van der Waals surface area contributed by atoms with Crippen LogP contribution in [0.5, 0.6) is 0 Å². The van der Waals surface area contributed by atoms with Crippen molar-refractivity contribution in [1.29, 1.82) is 0 Å². The first-order chi connectivity index (χ1) is 9.78. The van der Waals surface area contributed by atoms with Gasteiger partial charge in [0.2, 0.25) is 0 Å². The number of thiophene rings is 1. The molecule has 8 heteroatoms. The molecule has 0 amide bonds. The Morgan fingerprint density at radius 2 is 2.40 bits per heavy atom. The Balaban J connectivity index is 1.74. The maximum absolute atomic E-state index is 12.2. The molecule has 1 fully saturated rings. The zero-order chi connectivity index (χ0) is 13.9. The second-order valence-corrected chi connectivity index (χ2v) is 5.67. The van der Waals surface area contributed by atoms with Crippen LogP contribution < -0.4 is 5.69 Å². The molecule has 3 rings (SSSR count). The van der Waals surface area contributed by atoms with Crippen LogP contribution in [0.2, 0.25) is 0 Å². The molecule has 0 radical (unpaired) electrons. The van der Waals surface area contributed by atoms with Gasteiger partial charge in [-0.05, 0) is 34.4 Å². The molecule has 7 nitrogen and oxygen atoms in total. The molecule has 2 aromatic rings. The molecule has 1 atom stereocenters. The van der Waals surface area contributed by atoms with Gasteiger partial charge in [-0.15, -0.1) is 11.3 Å². The number of ether oxygens (including phenoxy) is 1. The highest BCUT2D eigenvalue weighted by Gasteiger charge is 2.20. The quantitative estimate of drug-likeness (QED) is 0.824. The van der Waals surface area contributed by atoms with Gasteiger partial charge in [0.1, 0.15) is 11.7 Å². The summed E-state index contributed by atoms with van der Waals surface area (Å²) in [6, 6.07) is 3.74. The average molecular weight is 295 g/mol. The molecule has 108 valence electrons. The number of rotatable bonds is 4. The third-order valence-corrected chi connectivity index (χ3v) is 4.21. The van der Waals surface area contributed by atoms with E-state index in [2.05, 4.69) is 22.3 Å². The van der Waals surface area contributed by atoms with Gasteiger partial charge < -0.3 is 4.74 Å². The average Bonchev–Trinajstić information content (AvgIpc) is 3.10. The summed E-state index contributed by atoms with van der Waals surface area (Å²) in [5.74, 6) is 0. The molecule has 1 saturated heterocycles. The zero-order valence-electron chi connectivity index (χ0n) is 11.3. The van der Waals surface area contributed by atoms with Gasteiger partial charge in [0.05, 0.1) is 12.7 Å². The summed E-state index contributed by atoms with van der Waals surface area (Å²) in [4.78, 5) is 14.4. The molecule has 0 bridgehead atoms. The number of hydrogen-bond donors (Lipinski definition) is 0. The predicted molar refractivity (Wildman–Crippen MR) is 75.1 cm³/mol. The normalized spacial score (nSPS) is 20.4. The van der Waals surface area contributed by atoms with Crippen molar-refractivity contribution in [3.8, 4) is 5.00 Å². The van der Waals surface area contributed by atoms with Crippen LogP contribution in [-0.2, 0) is 11.4 Å². The van der Waals surface area contributed by atoms with Gasteiger partial charge in [-0.1, -0.05) is 6.92 Å². The first-order valence-corrected chi connectivity index (χ1v) is 7.56.